The third-order valence-electron chi connectivity index (χ3n) is 6.49. The molecule has 4 rings (SSSR count). The standard InChI is InChI=1S/C42H36O2/c1-4-5-14-37-15-6-9-18-40(37)26-23-34-31-35(24-27-41-19-10-7-16-38(41)21-12-29-43-2)33-36(32-34)25-28-42-20-11-8-17-39(42)22-13-30-44-3/h5-22,31-33H,4,29-30H2,1-3H3/b14-5+,21-12+,22-13+. The maximum atomic E-state index is 5.17. The fourth-order valence-electron chi connectivity index (χ4n) is 4.32. The second-order valence-corrected chi connectivity index (χ2v) is 9.84. The van der Waals surface area contributed by atoms with Crippen molar-refractivity contribution in [1.82, 2.24) is 0 Å². The van der Waals surface area contributed by atoms with Gasteiger partial charge in [-0.25, -0.2) is 0 Å². The van der Waals surface area contributed by atoms with Crippen molar-refractivity contribution < 1.29 is 9.47 Å². The molecule has 0 radical (unpaired) electrons. The van der Waals surface area contributed by atoms with E-state index in [4.69, 9.17) is 9.47 Å². The first-order valence-corrected chi connectivity index (χ1v) is 14.7. The van der Waals surface area contributed by atoms with Gasteiger partial charge in [0.1, 0.15) is 0 Å². The fourth-order valence-corrected chi connectivity index (χ4v) is 4.32. The van der Waals surface area contributed by atoms with Crippen LogP contribution in [-0.4, -0.2) is 27.4 Å². The number of benzene rings is 4. The van der Waals surface area contributed by atoms with E-state index in [1.807, 2.05) is 91.0 Å². The van der Waals surface area contributed by atoms with Crippen LogP contribution in [0.1, 0.15) is 63.4 Å². The fraction of sp³-hybridized carbons (Fsp3) is 0.143. The van der Waals surface area contributed by atoms with Gasteiger partial charge >= 0.3 is 0 Å². The van der Waals surface area contributed by atoms with Crippen LogP contribution in [0.5, 0.6) is 0 Å². The van der Waals surface area contributed by atoms with E-state index >= 15 is 0 Å². The summed E-state index contributed by atoms with van der Waals surface area (Å²) < 4.78 is 10.3. The SMILES string of the molecule is CC/C=C/c1ccccc1C#Cc1cc(C#Cc2ccccc2/C=C/COC)cc(C#Cc2ccccc2/C=C/COC)c1. The lowest BCUT2D eigenvalue weighted by Crippen LogP contribution is -1.88. The van der Waals surface area contributed by atoms with Crippen molar-refractivity contribution in [2.75, 3.05) is 27.4 Å². The topological polar surface area (TPSA) is 18.5 Å². The van der Waals surface area contributed by atoms with Crippen LogP contribution in [-0.2, 0) is 9.47 Å². The lowest BCUT2D eigenvalue weighted by atomic mass is 10.0. The molecule has 0 unspecified atom stereocenters. The highest BCUT2D eigenvalue weighted by molar-refractivity contribution is 5.64. The van der Waals surface area contributed by atoms with E-state index in [1.54, 1.807) is 14.2 Å². The maximum absolute atomic E-state index is 5.17. The van der Waals surface area contributed by atoms with E-state index in [1.165, 1.54) is 0 Å². The van der Waals surface area contributed by atoms with Crippen LogP contribution in [0.3, 0.4) is 0 Å². The van der Waals surface area contributed by atoms with Crippen molar-refractivity contribution in [2.45, 2.75) is 13.3 Å². The average molecular weight is 573 g/mol. The Morgan fingerprint density at radius 3 is 1.16 bits per heavy atom. The quantitative estimate of drug-likeness (QED) is 0.197. The Morgan fingerprint density at radius 1 is 0.477 bits per heavy atom. The third-order valence-corrected chi connectivity index (χ3v) is 6.49. The van der Waals surface area contributed by atoms with Crippen LogP contribution in [0.15, 0.2) is 109 Å². The molecule has 0 fully saturated rings. The Labute approximate surface area is 262 Å². The molecule has 0 N–H and O–H groups in total. The molecule has 216 valence electrons. The van der Waals surface area contributed by atoms with E-state index < -0.39 is 0 Å². The van der Waals surface area contributed by atoms with E-state index in [0.717, 1.165) is 56.5 Å². The molecule has 0 spiro atoms. The summed E-state index contributed by atoms with van der Waals surface area (Å²) in [5.41, 5.74) is 8.62. The van der Waals surface area contributed by atoms with Crippen LogP contribution in [0, 0.1) is 35.5 Å². The molecule has 0 bridgehead atoms. The minimum absolute atomic E-state index is 0.549. The molecule has 0 amide bonds. The smallest absolute Gasteiger partial charge is 0.0646 e. The minimum Gasteiger partial charge on any atom is -0.381 e. The van der Waals surface area contributed by atoms with Crippen molar-refractivity contribution in [3.05, 3.63) is 159 Å². The Hall–Kier alpha value is -5.30. The summed E-state index contributed by atoms with van der Waals surface area (Å²) in [6.07, 6.45) is 13.3. The molecule has 4 aromatic carbocycles. The van der Waals surface area contributed by atoms with Gasteiger partial charge in [0.05, 0.1) is 13.2 Å². The summed E-state index contributed by atoms with van der Waals surface area (Å²) >= 11 is 0. The number of allylic oxidation sites excluding steroid dienone is 1. The van der Waals surface area contributed by atoms with Gasteiger partial charge in [0.2, 0.25) is 0 Å². The predicted octanol–water partition coefficient (Wildman–Crippen LogP) is 8.63. The van der Waals surface area contributed by atoms with Gasteiger partial charge in [0.15, 0.2) is 0 Å². The van der Waals surface area contributed by atoms with Crippen molar-refractivity contribution in [3.63, 3.8) is 0 Å². The molecular formula is C42H36O2. The summed E-state index contributed by atoms with van der Waals surface area (Å²) in [6, 6.07) is 30.5. The van der Waals surface area contributed by atoms with E-state index in [9.17, 15) is 0 Å². The molecule has 2 nitrogen and oxygen atoms in total. The van der Waals surface area contributed by atoms with Gasteiger partial charge < -0.3 is 9.47 Å². The largest absolute Gasteiger partial charge is 0.381 e. The summed E-state index contributed by atoms with van der Waals surface area (Å²) in [5.74, 6) is 20.2. The number of hydrogen-bond acceptors (Lipinski definition) is 2. The Bertz CT molecular complexity index is 1740. The zero-order valence-electron chi connectivity index (χ0n) is 25.6. The molecule has 0 aliphatic heterocycles. The molecule has 44 heavy (non-hydrogen) atoms. The first kappa shape index (κ1) is 31.6. The van der Waals surface area contributed by atoms with Crippen LogP contribution in [0.25, 0.3) is 18.2 Å². The molecule has 0 aliphatic carbocycles. The van der Waals surface area contributed by atoms with Crippen molar-refractivity contribution in [3.8, 4) is 35.5 Å². The van der Waals surface area contributed by atoms with Crippen LogP contribution in [0.4, 0.5) is 0 Å². The second kappa shape index (κ2) is 17.6. The first-order valence-electron chi connectivity index (χ1n) is 14.7. The Morgan fingerprint density at radius 2 is 0.818 bits per heavy atom. The number of rotatable bonds is 8. The van der Waals surface area contributed by atoms with Crippen molar-refractivity contribution in [1.29, 1.82) is 0 Å². The monoisotopic (exact) mass is 572 g/mol. The van der Waals surface area contributed by atoms with Gasteiger partial charge in [0.25, 0.3) is 0 Å². The average Bonchev–Trinajstić information content (AvgIpc) is 3.06. The molecule has 0 heterocycles. The summed E-state index contributed by atoms with van der Waals surface area (Å²) in [6.45, 7) is 3.23. The number of ether oxygens (including phenoxy) is 2. The van der Waals surface area contributed by atoms with Crippen LogP contribution in [0.2, 0.25) is 0 Å². The normalized spacial score (nSPS) is 10.7. The van der Waals surface area contributed by atoms with Crippen molar-refractivity contribution >= 4 is 18.2 Å². The highest BCUT2D eigenvalue weighted by Gasteiger charge is 2.01. The first-order chi connectivity index (χ1) is 21.7. The highest BCUT2D eigenvalue weighted by Crippen LogP contribution is 2.15. The molecule has 0 saturated heterocycles. The highest BCUT2D eigenvalue weighted by atomic mass is 16.5. The van der Waals surface area contributed by atoms with Gasteiger partial charge in [-0.15, -0.1) is 0 Å². The Kier molecular flexibility index (Phi) is 12.7. The third kappa shape index (κ3) is 9.91. The second-order valence-electron chi connectivity index (χ2n) is 9.84. The Balaban J connectivity index is 1.77. The molecule has 0 saturated carbocycles. The van der Waals surface area contributed by atoms with Gasteiger partial charge in [-0.3, -0.25) is 0 Å². The zero-order chi connectivity index (χ0) is 30.8. The summed E-state index contributed by atoms with van der Waals surface area (Å²) in [5, 5.41) is 0. The van der Waals surface area contributed by atoms with Gasteiger partial charge in [-0.1, -0.05) is 133 Å². The van der Waals surface area contributed by atoms with Gasteiger partial charge in [0, 0.05) is 47.6 Å². The minimum atomic E-state index is 0.549. The van der Waals surface area contributed by atoms with Gasteiger partial charge in [-0.05, 0) is 59.5 Å². The molecule has 0 aliphatic rings. The molecule has 0 aromatic heterocycles. The molecule has 2 heteroatoms. The van der Waals surface area contributed by atoms with E-state index in [2.05, 4.69) is 78.9 Å². The van der Waals surface area contributed by atoms with Crippen LogP contribution < -0.4 is 0 Å². The van der Waals surface area contributed by atoms with E-state index in [0.29, 0.717) is 13.2 Å². The van der Waals surface area contributed by atoms with Crippen LogP contribution >= 0.6 is 0 Å². The lowest BCUT2D eigenvalue weighted by molar-refractivity contribution is 0.234. The number of methoxy groups -OCH3 is 2. The maximum Gasteiger partial charge on any atom is 0.0646 e. The zero-order valence-corrected chi connectivity index (χ0v) is 25.6. The van der Waals surface area contributed by atoms with Gasteiger partial charge in [-0.2, -0.15) is 0 Å². The lowest BCUT2D eigenvalue weighted by Gasteiger charge is -2.01. The number of hydrogen-bond donors (Lipinski definition) is 0. The molecular weight excluding hydrogens is 536 g/mol. The predicted molar refractivity (Wildman–Crippen MR) is 185 cm³/mol. The molecule has 4 aromatic rings. The van der Waals surface area contributed by atoms with E-state index in [-0.39, 0.29) is 0 Å². The molecule has 0 atom stereocenters. The van der Waals surface area contributed by atoms with Crippen molar-refractivity contribution in [2.24, 2.45) is 0 Å². The summed E-state index contributed by atoms with van der Waals surface area (Å²) in [4.78, 5) is 0. The summed E-state index contributed by atoms with van der Waals surface area (Å²) in [7, 11) is 3.37.